The number of aromatic amines is 1. The molecule has 2 fully saturated rings. The van der Waals surface area contributed by atoms with Crippen LogP contribution in [0.1, 0.15) is 49.9 Å². The normalized spacial score (nSPS) is 26.9. The van der Waals surface area contributed by atoms with Crippen LogP contribution in [0, 0.1) is 12.8 Å². The van der Waals surface area contributed by atoms with Crippen LogP contribution in [-0.4, -0.2) is 39.1 Å². The molecular formula is C18H23N5O2S. The molecular weight excluding hydrogens is 350 g/mol. The standard InChI is InChI=1S/C18H23N5O2S/c1-10-7-12(22-26(24,25)13-3-4-13)8-14(10)17-11(2)21-16-9-20-18-15(23(16)17)5-6-19-18/h5-6,9-10,12-14,19,22H,3-4,7-8H2,1-2H3. The van der Waals surface area contributed by atoms with Gasteiger partial charge in [0.05, 0.1) is 22.7 Å². The Morgan fingerprint density at radius 1 is 1.31 bits per heavy atom. The summed E-state index contributed by atoms with van der Waals surface area (Å²) in [6, 6.07) is 2.03. The van der Waals surface area contributed by atoms with Crippen LogP contribution in [0.25, 0.3) is 16.8 Å². The number of rotatable bonds is 4. The zero-order chi connectivity index (χ0) is 18.1. The quantitative estimate of drug-likeness (QED) is 0.735. The van der Waals surface area contributed by atoms with E-state index in [9.17, 15) is 8.42 Å². The molecule has 3 heterocycles. The predicted molar refractivity (Wildman–Crippen MR) is 99.6 cm³/mol. The molecule has 3 aromatic rings. The second kappa shape index (κ2) is 5.53. The lowest BCUT2D eigenvalue weighted by Crippen LogP contribution is -2.35. The summed E-state index contributed by atoms with van der Waals surface area (Å²) < 4.78 is 29.8. The van der Waals surface area contributed by atoms with E-state index in [1.165, 1.54) is 5.69 Å². The summed E-state index contributed by atoms with van der Waals surface area (Å²) in [6.07, 6.45) is 6.96. The average Bonchev–Trinajstić information content (AvgIpc) is 3.12. The topological polar surface area (TPSA) is 92.2 Å². The highest BCUT2D eigenvalue weighted by atomic mass is 32.2. The summed E-state index contributed by atoms with van der Waals surface area (Å²) in [7, 11) is -3.15. The molecule has 2 N–H and O–H groups in total. The molecule has 3 atom stereocenters. The Balaban J connectivity index is 1.53. The summed E-state index contributed by atoms with van der Waals surface area (Å²) in [5.41, 5.74) is 4.90. The van der Waals surface area contributed by atoms with Crippen LogP contribution in [0.2, 0.25) is 0 Å². The first-order valence-corrected chi connectivity index (χ1v) is 10.8. The lowest BCUT2D eigenvalue weighted by Gasteiger charge is -2.17. The van der Waals surface area contributed by atoms with Crippen molar-refractivity contribution in [3.05, 3.63) is 29.8 Å². The van der Waals surface area contributed by atoms with E-state index in [2.05, 4.69) is 26.0 Å². The zero-order valence-electron chi connectivity index (χ0n) is 14.9. The minimum absolute atomic E-state index is 0.00843. The largest absolute Gasteiger partial charge is 0.345 e. The molecule has 0 aromatic carbocycles. The maximum atomic E-state index is 12.3. The first-order chi connectivity index (χ1) is 12.4. The van der Waals surface area contributed by atoms with Crippen molar-refractivity contribution in [2.24, 2.45) is 5.92 Å². The van der Waals surface area contributed by atoms with Crippen molar-refractivity contribution >= 4 is 26.8 Å². The van der Waals surface area contributed by atoms with Gasteiger partial charge >= 0.3 is 0 Å². The van der Waals surface area contributed by atoms with Crippen LogP contribution < -0.4 is 4.72 Å². The van der Waals surface area contributed by atoms with Gasteiger partial charge in [-0.1, -0.05) is 6.92 Å². The van der Waals surface area contributed by atoms with Gasteiger partial charge in [0.15, 0.2) is 11.3 Å². The highest BCUT2D eigenvalue weighted by molar-refractivity contribution is 7.90. The van der Waals surface area contributed by atoms with Crippen LogP contribution in [0.5, 0.6) is 0 Å². The van der Waals surface area contributed by atoms with Crippen molar-refractivity contribution in [2.45, 2.75) is 56.7 Å². The lowest BCUT2D eigenvalue weighted by atomic mass is 9.93. The number of aryl methyl sites for hydroxylation is 1. The van der Waals surface area contributed by atoms with Gasteiger partial charge in [-0.2, -0.15) is 0 Å². The number of hydrogen-bond acceptors (Lipinski definition) is 4. The molecule has 7 nitrogen and oxygen atoms in total. The highest BCUT2D eigenvalue weighted by Crippen LogP contribution is 2.42. The molecule has 0 saturated heterocycles. The molecule has 3 aromatic heterocycles. The van der Waals surface area contributed by atoms with E-state index in [-0.39, 0.29) is 17.2 Å². The maximum absolute atomic E-state index is 12.3. The number of nitrogens with zero attached hydrogens (tertiary/aromatic N) is 3. The second-order valence-corrected chi connectivity index (χ2v) is 9.85. The Labute approximate surface area is 152 Å². The number of sulfonamides is 1. The molecule has 3 unspecified atom stereocenters. The minimum atomic E-state index is -3.15. The van der Waals surface area contributed by atoms with Crippen molar-refractivity contribution < 1.29 is 8.42 Å². The summed E-state index contributed by atoms with van der Waals surface area (Å²) in [5, 5.41) is -0.167. The van der Waals surface area contributed by atoms with Gasteiger partial charge < -0.3 is 4.98 Å². The second-order valence-electron chi connectivity index (χ2n) is 7.86. The van der Waals surface area contributed by atoms with Gasteiger partial charge in [-0.05, 0) is 44.6 Å². The van der Waals surface area contributed by atoms with Gasteiger partial charge in [-0.25, -0.2) is 23.1 Å². The van der Waals surface area contributed by atoms with Gasteiger partial charge in [0.25, 0.3) is 0 Å². The van der Waals surface area contributed by atoms with E-state index >= 15 is 0 Å². The molecule has 2 aliphatic carbocycles. The average molecular weight is 373 g/mol. The number of imidazole rings is 1. The smallest absolute Gasteiger partial charge is 0.214 e. The van der Waals surface area contributed by atoms with E-state index in [4.69, 9.17) is 4.98 Å². The van der Waals surface area contributed by atoms with Crippen LogP contribution in [0.4, 0.5) is 0 Å². The fourth-order valence-electron chi connectivity index (χ4n) is 4.53. The Morgan fingerprint density at radius 2 is 2.12 bits per heavy atom. The van der Waals surface area contributed by atoms with E-state index in [1.54, 1.807) is 6.20 Å². The Bertz CT molecular complexity index is 1100. The minimum Gasteiger partial charge on any atom is -0.345 e. The van der Waals surface area contributed by atoms with Crippen molar-refractivity contribution in [3.8, 4) is 0 Å². The first kappa shape index (κ1) is 16.3. The van der Waals surface area contributed by atoms with Gasteiger partial charge in [0, 0.05) is 23.9 Å². The van der Waals surface area contributed by atoms with E-state index < -0.39 is 10.0 Å². The summed E-state index contributed by atoms with van der Waals surface area (Å²) in [6.45, 7) is 4.25. The number of fused-ring (bicyclic) bond motifs is 3. The number of H-pyrrole nitrogens is 1. The van der Waals surface area contributed by atoms with Crippen molar-refractivity contribution in [1.82, 2.24) is 24.1 Å². The molecule has 26 heavy (non-hydrogen) atoms. The van der Waals surface area contributed by atoms with E-state index in [1.807, 2.05) is 19.2 Å². The third-order valence-corrected chi connectivity index (χ3v) is 7.91. The number of nitrogens with one attached hydrogen (secondary N) is 2. The third kappa shape index (κ3) is 2.46. The van der Waals surface area contributed by atoms with E-state index in [0.29, 0.717) is 5.92 Å². The van der Waals surface area contributed by atoms with Crippen LogP contribution in [0.15, 0.2) is 18.5 Å². The Hall–Kier alpha value is -1.93. The number of aromatic nitrogens is 4. The third-order valence-electron chi connectivity index (χ3n) is 5.90. The van der Waals surface area contributed by atoms with Crippen LogP contribution in [-0.2, 0) is 10.0 Å². The Kier molecular flexibility index (Phi) is 3.46. The fraction of sp³-hybridized carbons (Fsp3) is 0.556. The first-order valence-electron chi connectivity index (χ1n) is 9.26. The van der Waals surface area contributed by atoms with Gasteiger partial charge in [0.2, 0.25) is 10.0 Å². The molecule has 0 bridgehead atoms. The molecule has 5 rings (SSSR count). The molecule has 0 radical (unpaired) electrons. The monoisotopic (exact) mass is 373 g/mol. The molecule has 0 aliphatic heterocycles. The lowest BCUT2D eigenvalue weighted by molar-refractivity contribution is 0.515. The molecule has 0 spiro atoms. The van der Waals surface area contributed by atoms with Gasteiger partial charge in [-0.3, -0.25) is 4.40 Å². The van der Waals surface area contributed by atoms with E-state index in [0.717, 1.165) is 48.2 Å². The zero-order valence-corrected chi connectivity index (χ0v) is 15.8. The summed E-state index contributed by atoms with van der Waals surface area (Å²) in [4.78, 5) is 12.3. The van der Waals surface area contributed by atoms with Gasteiger partial charge in [-0.15, -0.1) is 0 Å². The highest BCUT2D eigenvalue weighted by Gasteiger charge is 2.41. The van der Waals surface area contributed by atoms with Gasteiger partial charge in [0.1, 0.15) is 0 Å². The SMILES string of the molecule is Cc1nc2cnc3[nH]ccc3n2c1C1CC(NS(=O)(=O)C2CC2)CC1C. The molecule has 2 saturated carbocycles. The Morgan fingerprint density at radius 3 is 2.88 bits per heavy atom. The molecule has 138 valence electrons. The van der Waals surface area contributed by atoms with Crippen molar-refractivity contribution in [3.63, 3.8) is 0 Å². The fourth-order valence-corrected chi connectivity index (χ4v) is 6.14. The van der Waals surface area contributed by atoms with Crippen LogP contribution >= 0.6 is 0 Å². The molecule has 0 amide bonds. The van der Waals surface area contributed by atoms with Crippen LogP contribution in [0.3, 0.4) is 0 Å². The molecule has 2 aliphatic rings. The number of hydrogen-bond donors (Lipinski definition) is 2. The molecule has 8 heteroatoms. The van der Waals surface area contributed by atoms with Crippen molar-refractivity contribution in [2.75, 3.05) is 0 Å². The van der Waals surface area contributed by atoms with Crippen molar-refractivity contribution in [1.29, 1.82) is 0 Å². The summed E-state index contributed by atoms with van der Waals surface area (Å²) in [5.74, 6) is 0.667. The maximum Gasteiger partial charge on any atom is 0.214 e. The summed E-state index contributed by atoms with van der Waals surface area (Å²) >= 11 is 0. The predicted octanol–water partition coefficient (Wildman–Crippen LogP) is 2.48.